The van der Waals surface area contributed by atoms with Crippen LogP contribution in [0.5, 0.6) is 0 Å². The third kappa shape index (κ3) is 4.09. The maximum atomic E-state index is 13.0. The second kappa shape index (κ2) is 8.31. The Morgan fingerprint density at radius 1 is 1.37 bits per heavy atom. The lowest BCUT2D eigenvalue weighted by molar-refractivity contribution is -0.143. The largest absolute Gasteiger partial charge is 0.459 e. The number of nitrogens with one attached hydrogen (secondary N) is 2. The van der Waals surface area contributed by atoms with Crippen LogP contribution >= 0.6 is 0 Å². The number of aliphatic hydroxyl groups is 1. The third-order valence-electron chi connectivity index (χ3n) is 5.24. The molecule has 2 aliphatic rings. The molecule has 0 aromatic carbocycles. The third-order valence-corrected chi connectivity index (χ3v) is 5.24. The average molecular weight is 411 g/mol. The average Bonchev–Trinajstić information content (AvgIpc) is 3.25. The van der Waals surface area contributed by atoms with Gasteiger partial charge in [0.05, 0.1) is 12.2 Å². The van der Waals surface area contributed by atoms with Crippen molar-refractivity contribution in [3.63, 3.8) is 0 Å². The van der Waals surface area contributed by atoms with E-state index in [2.05, 4.69) is 15.3 Å². The Labute approximate surface area is 174 Å². The number of carbonyl (C=O) groups is 2. The van der Waals surface area contributed by atoms with E-state index in [-0.39, 0.29) is 35.5 Å². The summed E-state index contributed by atoms with van der Waals surface area (Å²) in [5, 5.41) is 13.8. The van der Waals surface area contributed by atoms with E-state index in [9.17, 15) is 14.7 Å². The van der Waals surface area contributed by atoms with Crippen molar-refractivity contribution < 1.29 is 24.2 Å². The molecule has 30 heavy (non-hydrogen) atoms. The smallest absolute Gasteiger partial charge is 0.348 e. The Kier molecular flexibility index (Phi) is 5.59. The Hall–Kier alpha value is -3.13. The number of pyridine rings is 1. The molecule has 2 aromatic rings. The van der Waals surface area contributed by atoms with Gasteiger partial charge in [0.25, 0.3) is 0 Å². The first-order valence-corrected chi connectivity index (χ1v) is 10.2. The van der Waals surface area contributed by atoms with Gasteiger partial charge in [0.1, 0.15) is 5.65 Å². The molecule has 0 atom stereocenters. The second-order valence-electron chi connectivity index (χ2n) is 7.89. The molecule has 1 fully saturated rings. The molecule has 1 saturated carbocycles. The van der Waals surface area contributed by atoms with E-state index in [1.54, 1.807) is 32.3 Å². The number of esters is 1. The number of fused-ring (bicyclic) bond motifs is 1. The number of hydrogen-bond donors (Lipinski definition) is 3. The molecule has 0 bridgehead atoms. The van der Waals surface area contributed by atoms with Crippen molar-refractivity contribution in [2.24, 2.45) is 0 Å². The molecule has 4 rings (SSSR count). The summed E-state index contributed by atoms with van der Waals surface area (Å²) in [6, 6.07) is 3.71. The number of rotatable bonds is 5. The molecule has 0 spiro atoms. The van der Waals surface area contributed by atoms with Crippen LogP contribution in [0.15, 0.2) is 41.7 Å². The van der Waals surface area contributed by atoms with Crippen LogP contribution in [0.1, 0.15) is 45.1 Å². The fraction of sp³-hybridized carbons (Fsp3) is 0.409. The van der Waals surface area contributed by atoms with Crippen LogP contribution in [0.2, 0.25) is 0 Å². The Morgan fingerprint density at radius 2 is 2.13 bits per heavy atom. The van der Waals surface area contributed by atoms with Crippen LogP contribution in [0.25, 0.3) is 17.1 Å². The second-order valence-corrected chi connectivity index (χ2v) is 7.89. The summed E-state index contributed by atoms with van der Waals surface area (Å²) >= 11 is 0. The first-order valence-electron chi connectivity index (χ1n) is 10.2. The number of ether oxygens (including phenoxy) is 2. The van der Waals surface area contributed by atoms with Crippen LogP contribution in [0, 0.1) is 0 Å². The molecule has 1 aliphatic heterocycles. The summed E-state index contributed by atoms with van der Waals surface area (Å²) in [7, 11) is 0. The van der Waals surface area contributed by atoms with Gasteiger partial charge < -0.3 is 24.9 Å². The van der Waals surface area contributed by atoms with Crippen molar-refractivity contribution in [2.75, 3.05) is 0 Å². The number of Topliss-reactive ketones (excluding diaryl/α,β-unsaturated/α-hetero) is 1. The molecule has 0 unspecified atom stereocenters. The molecular formula is C22H25N3O5. The van der Waals surface area contributed by atoms with Gasteiger partial charge in [-0.05, 0) is 57.7 Å². The van der Waals surface area contributed by atoms with E-state index in [0.717, 1.165) is 23.8 Å². The van der Waals surface area contributed by atoms with Crippen LogP contribution in [0.4, 0.5) is 0 Å². The quantitative estimate of drug-likeness (QED) is 0.394. The summed E-state index contributed by atoms with van der Waals surface area (Å²) in [5.41, 5.74) is 1.31. The monoisotopic (exact) mass is 411 g/mol. The number of ketones is 1. The topological polar surface area (TPSA) is 114 Å². The summed E-state index contributed by atoms with van der Waals surface area (Å²) in [4.78, 5) is 33.0. The van der Waals surface area contributed by atoms with E-state index in [1.807, 2.05) is 12.1 Å². The van der Waals surface area contributed by atoms with E-state index in [1.165, 1.54) is 0 Å². The first kappa shape index (κ1) is 20.2. The van der Waals surface area contributed by atoms with Gasteiger partial charge in [0.15, 0.2) is 11.3 Å². The molecule has 3 heterocycles. The van der Waals surface area contributed by atoms with Gasteiger partial charge in [-0.15, -0.1) is 0 Å². The predicted molar refractivity (Wildman–Crippen MR) is 110 cm³/mol. The molecule has 2 aromatic heterocycles. The zero-order chi connectivity index (χ0) is 21.3. The highest BCUT2D eigenvalue weighted by molar-refractivity contribution is 6.26. The van der Waals surface area contributed by atoms with Crippen molar-refractivity contribution in [3.05, 3.63) is 47.3 Å². The molecule has 8 nitrogen and oxygen atoms in total. The van der Waals surface area contributed by atoms with Gasteiger partial charge >= 0.3 is 5.97 Å². The van der Waals surface area contributed by atoms with Crippen molar-refractivity contribution in [1.82, 2.24) is 15.3 Å². The Bertz CT molecular complexity index is 1030. The van der Waals surface area contributed by atoms with Gasteiger partial charge in [-0.25, -0.2) is 9.78 Å². The fourth-order valence-electron chi connectivity index (χ4n) is 3.73. The van der Waals surface area contributed by atoms with E-state index < -0.39 is 11.8 Å². The summed E-state index contributed by atoms with van der Waals surface area (Å²) < 4.78 is 11.1. The maximum absolute atomic E-state index is 13.0. The minimum Gasteiger partial charge on any atom is -0.459 e. The minimum absolute atomic E-state index is 0.00897. The maximum Gasteiger partial charge on any atom is 0.348 e. The van der Waals surface area contributed by atoms with Crippen molar-refractivity contribution in [3.8, 4) is 0 Å². The van der Waals surface area contributed by atoms with Gasteiger partial charge in [0.2, 0.25) is 11.7 Å². The Balaban J connectivity index is 1.63. The van der Waals surface area contributed by atoms with Gasteiger partial charge in [-0.1, -0.05) is 0 Å². The van der Waals surface area contributed by atoms with Crippen molar-refractivity contribution in [1.29, 1.82) is 0 Å². The highest BCUT2D eigenvalue weighted by Gasteiger charge is 2.38. The number of H-pyrrole nitrogens is 1. The fourth-order valence-corrected chi connectivity index (χ4v) is 3.73. The lowest BCUT2D eigenvalue weighted by Gasteiger charge is -2.27. The highest BCUT2D eigenvalue weighted by atomic mass is 16.5. The molecule has 3 N–H and O–H groups in total. The number of aromatic nitrogens is 2. The normalized spacial score (nSPS) is 23.3. The van der Waals surface area contributed by atoms with Crippen LogP contribution in [-0.4, -0.2) is 45.1 Å². The number of aromatic amines is 1. The molecular weight excluding hydrogens is 386 g/mol. The lowest BCUT2D eigenvalue weighted by Crippen LogP contribution is -2.35. The predicted octanol–water partition coefficient (Wildman–Crippen LogP) is 2.56. The zero-order valence-corrected chi connectivity index (χ0v) is 17.0. The molecule has 158 valence electrons. The molecule has 0 saturated heterocycles. The first-order chi connectivity index (χ1) is 14.4. The zero-order valence-electron chi connectivity index (χ0n) is 17.0. The summed E-state index contributed by atoms with van der Waals surface area (Å²) in [6.45, 7) is 3.45. The molecule has 0 amide bonds. The van der Waals surface area contributed by atoms with Crippen molar-refractivity contribution in [2.45, 2.75) is 57.8 Å². The summed E-state index contributed by atoms with van der Waals surface area (Å²) in [5.74, 6) is -1.06. The number of carbonyl (C=O) groups excluding carboxylic acids is 2. The lowest BCUT2D eigenvalue weighted by atomic mass is 9.93. The van der Waals surface area contributed by atoms with E-state index in [4.69, 9.17) is 9.47 Å². The standard InChI is InChI=1S/C22H25N3O5/c1-12(2)29-22(28)18-19(27)17(10-13-11-24-20-16(13)4-3-9-23-20)30-21(18)25-14-5-7-15(26)8-6-14/h3-4,9-12,14-15,25-26H,5-8H2,1-2H3,(H,23,24)/b17-10-/t14-,15-. The van der Waals surface area contributed by atoms with Crippen LogP contribution in [0.3, 0.4) is 0 Å². The SMILES string of the molecule is CC(C)OC(=O)C1=C(N[C@H]2CC[C@H](O)CC2)O/C(=C\c2c[nH]c3ncccc23)C1=O. The molecule has 1 aliphatic carbocycles. The Morgan fingerprint density at radius 3 is 2.87 bits per heavy atom. The number of aliphatic hydroxyl groups excluding tert-OH is 1. The summed E-state index contributed by atoms with van der Waals surface area (Å²) in [6.07, 6.45) is 7.12. The van der Waals surface area contributed by atoms with Crippen molar-refractivity contribution >= 4 is 28.9 Å². The van der Waals surface area contributed by atoms with Gasteiger partial charge in [-0.3, -0.25) is 4.79 Å². The minimum atomic E-state index is -0.711. The molecule has 0 radical (unpaired) electrons. The number of allylic oxidation sites excluding steroid dienone is 1. The highest BCUT2D eigenvalue weighted by Crippen LogP contribution is 2.30. The van der Waals surface area contributed by atoms with Gasteiger partial charge in [0, 0.05) is 29.4 Å². The van der Waals surface area contributed by atoms with Crippen LogP contribution < -0.4 is 5.32 Å². The van der Waals surface area contributed by atoms with E-state index >= 15 is 0 Å². The molecule has 8 heteroatoms. The van der Waals surface area contributed by atoms with Gasteiger partial charge in [-0.2, -0.15) is 0 Å². The number of nitrogens with zero attached hydrogens (tertiary/aromatic N) is 1. The van der Waals surface area contributed by atoms with Crippen LogP contribution in [-0.2, 0) is 19.1 Å². The number of hydrogen-bond acceptors (Lipinski definition) is 7. The van der Waals surface area contributed by atoms with E-state index in [0.29, 0.717) is 18.5 Å².